The minimum Gasteiger partial charge on any atom is -0.481 e. The van der Waals surface area contributed by atoms with Crippen LogP contribution in [0.15, 0.2) is 84.0 Å². The SMILES string of the molecule is C/C(=N\OCc1ccc(-c2ccccc2)cc1)c1ccc(NC(=O)CCC(=O)O)cc1. The zero-order chi connectivity index (χ0) is 22.1. The highest BCUT2D eigenvalue weighted by Crippen LogP contribution is 2.19. The molecular weight excluding hydrogens is 392 g/mol. The Balaban J connectivity index is 1.51. The van der Waals surface area contributed by atoms with Crippen LogP contribution in [0, 0.1) is 0 Å². The van der Waals surface area contributed by atoms with Crippen molar-refractivity contribution < 1.29 is 19.5 Å². The molecule has 0 atom stereocenters. The molecule has 0 aliphatic rings. The fourth-order valence-electron chi connectivity index (χ4n) is 2.92. The number of carboxylic acids is 1. The topological polar surface area (TPSA) is 88.0 Å². The molecule has 0 aliphatic carbocycles. The van der Waals surface area contributed by atoms with Gasteiger partial charge < -0.3 is 15.3 Å². The maximum atomic E-state index is 11.7. The summed E-state index contributed by atoms with van der Waals surface area (Å²) in [6.07, 6.45) is -0.250. The number of anilines is 1. The summed E-state index contributed by atoms with van der Waals surface area (Å²) >= 11 is 0. The predicted molar refractivity (Wildman–Crippen MR) is 121 cm³/mol. The smallest absolute Gasteiger partial charge is 0.303 e. The van der Waals surface area contributed by atoms with Crippen LogP contribution in [0.25, 0.3) is 11.1 Å². The first-order chi connectivity index (χ1) is 15.0. The van der Waals surface area contributed by atoms with Crippen molar-refractivity contribution in [2.24, 2.45) is 5.16 Å². The second-order valence-corrected chi connectivity index (χ2v) is 7.03. The van der Waals surface area contributed by atoms with Gasteiger partial charge in [0.25, 0.3) is 0 Å². The Morgan fingerprint density at radius 3 is 2.16 bits per heavy atom. The lowest BCUT2D eigenvalue weighted by Gasteiger charge is -2.07. The van der Waals surface area contributed by atoms with Crippen molar-refractivity contribution in [3.63, 3.8) is 0 Å². The summed E-state index contributed by atoms with van der Waals surface area (Å²) in [6.45, 7) is 2.21. The zero-order valence-corrected chi connectivity index (χ0v) is 17.2. The maximum absolute atomic E-state index is 11.7. The Hall–Kier alpha value is -3.93. The summed E-state index contributed by atoms with van der Waals surface area (Å²) in [7, 11) is 0. The standard InChI is InChI=1S/C25H24N2O4/c1-18(20-11-13-23(14-12-20)26-24(28)15-16-25(29)30)27-31-17-19-7-9-22(10-8-19)21-5-3-2-4-6-21/h2-14H,15-17H2,1H3,(H,26,28)(H,29,30)/b27-18+. The molecule has 0 saturated heterocycles. The van der Waals surface area contributed by atoms with Crippen molar-refractivity contribution in [1.29, 1.82) is 0 Å². The number of carboxylic acid groups (broad SMARTS) is 1. The largest absolute Gasteiger partial charge is 0.481 e. The van der Waals surface area contributed by atoms with E-state index in [4.69, 9.17) is 9.94 Å². The molecule has 3 aromatic rings. The van der Waals surface area contributed by atoms with E-state index in [9.17, 15) is 9.59 Å². The molecule has 3 rings (SSSR count). The van der Waals surface area contributed by atoms with Gasteiger partial charge in [0, 0.05) is 12.1 Å². The number of amides is 1. The number of hydrogen-bond donors (Lipinski definition) is 2. The minimum atomic E-state index is -0.996. The van der Waals surface area contributed by atoms with Gasteiger partial charge in [-0.05, 0) is 41.3 Å². The second kappa shape index (κ2) is 10.7. The van der Waals surface area contributed by atoms with Crippen LogP contribution < -0.4 is 5.32 Å². The lowest BCUT2D eigenvalue weighted by molar-refractivity contribution is -0.138. The van der Waals surface area contributed by atoms with E-state index in [0.717, 1.165) is 16.7 Å². The quantitative estimate of drug-likeness (QED) is 0.375. The molecule has 0 aliphatic heterocycles. The molecule has 0 spiro atoms. The number of carbonyl (C=O) groups excluding carboxylic acids is 1. The van der Waals surface area contributed by atoms with Gasteiger partial charge in [-0.1, -0.05) is 71.9 Å². The summed E-state index contributed by atoms with van der Waals surface area (Å²) in [5, 5.41) is 15.5. The Morgan fingerprint density at radius 2 is 1.52 bits per heavy atom. The molecule has 6 heteroatoms. The van der Waals surface area contributed by atoms with Gasteiger partial charge in [-0.3, -0.25) is 9.59 Å². The molecular formula is C25H24N2O4. The van der Waals surface area contributed by atoms with Crippen molar-refractivity contribution in [2.75, 3.05) is 5.32 Å². The third kappa shape index (κ3) is 6.82. The molecule has 0 fully saturated rings. The lowest BCUT2D eigenvalue weighted by Crippen LogP contribution is -2.13. The molecule has 2 N–H and O–H groups in total. The van der Waals surface area contributed by atoms with E-state index in [0.29, 0.717) is 18.0 Å². The maximum Gasteiger partial charge on any atom is 0.303 e. The van der Waals surface area contributed by atoms with Crippen LogP contribution >= 0.6 is 0 Å². The van der Waals surface area contributed by atoms with Crippen LogP contribution in [0.2, 0.25) is 0 Å². The number of benzene rings is 3. The van der Waals surface area contributed by atoms with Crippen molar-refractivity contribution in [3.05, 3.63) is 90.0 Å². The summed E-state index contributed by atoms with van der Waals surface area (Å²) in [5.74, 6) is -1.33. The van der Waals surface area contributed by atoms with Gasteiger partial charge in [-0.2, -0.15) is 0 Å². The molecule has 3 aromatic carbocycles. The van der Waals surface area contributed by atoms with Crippen molar-refractivity contribution in [1.82, 2.24) is 0 Å². The molecule has 0 bridgehead atoms. The number of oxime groups is 1. The van der Waals surface area contributed by atoms with Gasteiger partial charge in [-0.15, -0.1) is 0 Å². The van der Waals surface area contributed by atoms with Crippen LogP contribution in [-0.4, -0.2) is 22.7 Å². The number of nitrogens with zero attached hydrogens (tertiary/aromatic N) is 1. The van der Waals surface area contributed by atoms with Crippen LogP contribution in [-0.2, 0) is 21.0 Å². The molecule has 1 amide bonds. The minimum absolute atomic E-state index is 0.0578. The predicted octanol–water partition coefficient (Wildman–Crippen LogP) is 5.10. The number of nitrogens with one attached hydrogen (secondary N) is 1. The first-order valence-corrected chi connectivity index (χ1v) is 9.94. The third-order valence-corrected chi connectivity index (χ3v) is 4.65. The van der Waals surface area contributed by atoms with Gasteiger partial charge >= 0.3 is 5.97 Å². The average Bonchev–Trinajstić information content (AvgIpc) is 2.79. The monoisotopic (exact) mass is 416 g/mol. The highest BCUT2D eigenvalue weighted by molar-refractivity contribution is 5.99. The van der Waals surface area contributed by atoms with Gasteiger partial charge in [0.1, 0.15) is 6.61 Å². The van der Waals surface area contributed by atoms with Crippen LogP contribution in [0.4, 0.5) is 5.69 Å². The summed E-state index contributed by atoms with van der Waals surface area (Å²) in [6, 6.07) is 25.5. The average molecular weight is 416 g/mol. The number of hydrogen-bond acceptors (Lipinski definition) is 4. The molecule has 6 nitrogen and oxygen atoms in total. The zero-order valence-electron chi connectivity index (χ0n) is 17.2. The second-order valence-electron chi connectivity index (χ2n) is 7.03. The van der Waals surface area contributed by atoms with Gasteiger partial charge in [0.2, 0.25) is 5.91 Å². The normalized spacial score (nSPS) is 11.1. The van der Waals surface area contributed by atoms with E-state index < -0.39 is 5.97 Å². The highest BCUT2D eigenvalue weighted by Gasteiger charge is 2.06. The van der Waals surface area contributed by atoms with E-state index in [1.54, 1.807) is 12.1 Å². The van der Waals surface area contributed by atoms with Crippen molar-refractivity contribution in [2.45, 2.75) is 26.4 Å². The molecule has 31 heavy (non-hydrogen) atoms. The summed E-state index contributed by atoms with van der Waals surface area (Å²) in [4.78, 5) is 27.7. The number of rotatable bonds is 9. The molecule has 0 heterocycles. The van der Waals surface area contributed by atoms with Gasteiger partial charge in [0.05, 0.1) is 12.1 Å². The summed E-state index contributed by atoms with van der Waals surface area (Å²) in [5.41, 5.74) is 5.53. The van der Waals surface area contributed by atoms with E-state index in [-0.39, 0.29) is 18.7 Å². The van der Waals surface area contributed by atoms with E-state index in [1.165, 1.54) is 5.56 Å². The molecule has 0 unspecified atom stereocenters. The van der Waals surface area contributed by atoms with E-state index in [2.05, 4.69) is 34.7 Å². The molecule has 0 saturated carbocycles. The van der Waals surface area contributed by atoms with Gasteiger partial charge in [0.15, 0.2) is 0 Å². The third-order valence-electron chi connectivity index (χ3n) is 4.65. The number of carbonyl (C=O) groups is 2. The molecule has 158 valence electrons. The lowest BCUT2D eigenvalue weighted by atomic mass is 10.0. The van der Waals surface area contributed by atoms with Crippen LogP contribution in [0.1, 0.15) is 30.9 Å². The fourth-order valence-corrected chi connectivity index (χ4v) is 2.92. The van der Waals surface area contributed by atoms with E-state index in [1.807, 2.05) is 49.4 Å². The van der Waals surface area contributed by atoms with Crippen molar-refractivity contribution >= 4 is 23.3 Å². The Bertz CT molecular complexity index is 1040. The first kappa shape index (κ1) is 21.8. The summed E-state index contributed by atoms with van der Waals surface area (Å²) < 4.78 is 0. The Morgan fingerprint density at radius 1 is 0.871 bits per heavy atom. The molecule has 0 radical (unpaired) electrons. The van der Waals surface area contributed by atoms with Crippen LogP contribution in [0.3, 0.4) is 0 Å². The number of aliphatic carboxylic acids is 1. The molecule has 0 aromatic heterocycles. The Labute approximate surface area is 181 Å². The van der Waals surface area contributed by atoms with Crippen LogP contribution in [0.5, 0.6) is 0 Å². The van der Waals surface area contributed by atoms with E-state index >= 15 is 0 Å². The van der Waals surface area contributed by atoms with Gasteiger partial charge in [-0.25, -0.2) is 0 Å². The highest BCUT2D eigenvalue weighted by atomic mass is 16.6. The van der Waals surface area contributed by atoms with Crippen molar-refractivity contribution in [3.8, 4) is 11.1 Å². The first-order valence-electron chi connectivity index (χ1n) is 9.94. The Kier molecular flexibility index (Phi) is 7.54. The fraction of sp³-hybridized carbons (Fsp3) is 0.160.